The van der Waals surface area contributed by atoms with Crippen LogP contribution in [0.2, 0.25) is 0 Å². The van der Waals surface area contributed by atoms with Crippen LogP contribution in [-0.2, 0) is 0 Å². The Hall–Kier alpha value is -2.14. The Balaban J connectivity index is 1.85. The summed E-state index contributed by atoms with van der Waals surface area (Å²) in [6.45, 7) is 7.42. The Morgan fingerprint density at radius 2 is 1.76 bits per heavy atom. The minimum atomic E-state index is 0.337. The van der Waals surface area contributed by atoms with E-state index in [1.54, 1.807) is 0 Å². The lowest BCUT2D eigenvalue weighted by Gasteiger charge is -2.34. The largest absolute Gasteiger partial charge is 0.368 e. The quantitative estimate of drug-likeness (QED) is 0.932. The van der Waals surface area contributed by atoms with Gasteiger partial charge in [0.2, 0.25) is 5.95 Å². The molecule has 0 bridgehead atoms. The first kappa shape index (κ1) is 13.8. The molecule has 21 heavy (non-hydrogen) atoms. The molecule has 5 heteroatoms. The topological polar surface area (TPSA) is 58.3 Å². The molecule has 110 valence electrons. The van der Waals surface area contributed by atoms with E-state index in [4.69, 9.17) is 5.73 Å². The predicted molar refractivity (Wildman–Crippen MR) is 86.2 cm³/mol. The zero-order chi connectivity index (χ0) is 14.7. The second kappa shape index (κ2) is 6.10. The van der Waals surface area contributed by atoms with Gasteiger partial charge in [-0.15, -0.1) is 0 Å². The summed E-state index contributed by atoms with van der Waals surface area (Å²) >= 11 is 0. The van der Waals surface area contributed by atoms with Crippen LogP contribution in [0.25, 0.3) is 11.3 Å². The minimum absolute atomic E-state index is 0.337. The van der Waals surface area contributed by atoms with Crippen molar-refractivity contribution in [2.45, 2.75) is 6.92 Å². The van der Waals surface area contributed by atoms with Crippen LogP contribution in [0, 0.1) is 0 Å². The summed E-state index contributed by atoms with van der Waals surface area (Å²) in [5, 5.41) is 0. The molecule has 0 radical (unpaired) electrons. The zero-order valence-corrected chi connectivity index (χ0v) is 12.4. The van der Waals surface area contributed by atoms with Gasteiger partial charge in [0, 0.05) is 37.8 Å². The molecule has 0 saturated carbocycles. The van der Waals surface area contributed by atoms with Crippen molar-refractivity contribution in [2.24, 2.45) is 0 Å². The first-order valence-corrected chi connectivity index (χ1v) is 7.43. The van der Waals surface area contributed by atoms with Crippen molar-refractivity contribution in [3.63, 3.8) is 0 Å². The average molecular weight is 283 g/mol. The van der Waals surface area contributed by atoms with Crippen LogP contribution in [-0.4, -0.2) is 47.6 Å². The van der Waals surface area contributed by atoms with Gasteiger partial charge in [0.05, 0.1) is 5.69 Å². The number of hydrogen-bond donors (Lipinski definition) is 1. The fourth-order valence-electron chi connectivity index (χ4n) is 2.66. The van der Waals surface area contributed by atoms with Crippen LogP contribution in [0.4, 0.5) is 11.8 Å². The van der Waals surface area contributed by atoms with E-state index < -0.39 is 0 Å². The molecular weight excluding hydrogens is 262 g/mol. The van der Waals surface area contributed by atoms with Crippen LogP contribution < -0.4 is 10.6 Å². The number of aromatic nitrogens is 2. The number of piperazine rings is 1. The first-order chi connectivity index (χ1) is 10.3. The lowest BCUT2D eigenvalue weighted by Crippen LogP contribution is -2.46. The molecule has 1 fully saturated rings. The molecule has 5 nitrogen and oxygen atoms in total. The van der Waals surface area contributed by atoms with Crippen molar-refractivity contribution in [2.75, 3.05) is 43.4 Å². The van der Waals surface area contributed by atoms with Gasteiger partial charge in [-0.1, -0.05) is 37.3 Å². The lowest BCUT2D eigenvalue weighted by molar-refractivity contribution is 0.270. The van der Waals surface area contributed by atoms with E-state index in [1.807, 2.05) is 36.4 Å². The highest BCUT2D eigenvalue weighted by Gasteiger charge is 2.18. The summed E-state index contributed by atoms with van der Waals surface area (Å²) in [5.41, 5.74) is 7.85. The molecule has 0 atom stereocenters. The molecule has 3 rings (SSSR count). The molecule has 1 saturated heterocycles. The highest BCUT2D eigenvalue weighted by molar-refractivity contribution is 5.64. The van der Waals surface area contributed by atoms with Crippen molar-refractivity contribution in [3.8, 4) is 11.3 Å². The molecule has 0 amide bonds. The van der Waals surface area contributed by atoms with Gasteiger partial charge in [0.15, 0.2) is 0 Å². The van der Waals surface area contributed by atoms with Crippen LogP contribution in [0.1, 0.15) is 6.92 Å². The van der Waals surface area contributed by atoms with Crippen LogP contribution >= 0.6 is 0 Å². The third-order valence-electron chi connectivity index (χ3n) is 3.94. The number of nitrogens with two attached hydrogens (primary N) is 1. The van der Waals surface area contributed by atoms with Gasteiger partial charge in [-0.25, -0.2) is 4.98 Å². The Kier molecular flexibility index (Phi) is 4.01. The van der Waals surface area contributed by atoms with E-state index in [0.717, 1.165) is 49.8 Å². The number of benzene rings is 1. The van der Waals surface area contributed by atoms with Gasteiger partial charge in [-0.2, -0.15) is 4.98 Å². The maximum Gasteiger partial charge on any atom is 0.222 e. The lowest BCUT2D eigenvalue weighted by atomic mass is 10.1. The predicted octanol–water partition coefficient (Wildman–Crippen LogP) is 1.87. The maximum absolute atomic E-state index is 5.90. The molecule has 1 aromatic heterocycles. The molecule has 1 aromatic carbocycles. The first-order valence-electron chi connectivity index (χ1n) is 7.43. The summed E-state index contributed by atoms with van der Waals surface area (Å²) in [6, 6.07) is 12.1. The third-order valence-corrected chi connectivity index (χ3v) is 3.94. The van der Waals surface area contributed by atoms with Gasteiger partial charge in [0.25, 0.3) is 0 Å². The molecule has 0 unspecified atom stereocenters. The Bertz CT molecular complexity index is 591. The van der Waals surface area contributed by atoms with Crippen molar-refractivity contribution < 1.29 is 0 Å². The number of rotatable bonds is 3. The van der Waals surface area contributed by atoms with E-state index in [2.05, 4.69) is 26.7 Å². The van der Waals surface area contributed by atoms with Crippen LogP contribution in [0.15, 0.2) is 36.4 Å². The molecule has 2 N–H and O–H groups in total. The Morgan fingerprint density at radius 1 is 1.05 bits per heavy atom. The molecule has 1 aliphatic rings. The maximum atomic E-state index is 5.90. The second-order valence-corrected chi connectivity index (χ2v) is 5.26. The molecule has 2 aromatic rings. The monoisotopic (exact) mass is 283 g/mol. The van der Waals surface area contributed by atoms with Crippen molar-refractivity contribution >= 4 is 11.8 Å². The van der Waals surface area contributed by atoms with Crippen molar-refractivity contribution in [1.82, 2.24) is 14.9 Å². The van der Waals surface area contributed by atoms with E-state index in [1.165, 1.54) is 0 Å². The fourth-order valence-corrected chi connectivity index (χ4v) is 2.66. The van der Waals surface area contributed by atoms with Gasteiger partial charge in [0.1, 0.15) is 5.82 Å². The summed E-state index contributed by atoms with van der Waals surface area (Å²) in [4.78, 5) is 13.5. The van der Waals surface area contributed by atoms with Crippen molar-refractivity contribution in [1.29, 1.82) is 0 Å². The molecule has 0 aliphatic carbocycles. The summed E-state index contributed by atoms with van der Waals surface area (Å²) in [7, 11) is 0. The number of anilines is 2. The number of likely N-dealkylation sites (N-methyl/N-ethyl adjacent to an activating group) is 1. The molecular formula is C16H21N5. The fraction of sp³-hybridized carbons (Fsp3) is 0.375. The van der Waals surface area contributed by atoms with Gasteiger partial charge in [-0.3, -0.25) is 0 Å². The Labute approximate surface area is 125 Å². The molecule has 0 spiro atoms. The normalized spacial score (nSPS) is 16.1. The SMILES string of the molecule is CCN1CCN(c2cc(-c3ccccc3)nc(N)n2)CC1. The van der Waals surface area contributed by atoms with E-state index >= 15 is 0 Å². The smallest absolute Gasteiger partial charge is 0.222 e. The Morgan fingerprint density at radius 3 is 2.43 bits per heavy atom. The number of nitrogens with zero attached hydrogens (tertiary/aromatic N) is 4. The number of hydrogen-bond acceptors (Lipinski definition) is 5. The van der Waals surface area contributed by atoms with E-state index in [0.29, 0.717) is 5.95 Å². The highest BCUT2D eigenvalue weighted by atomic mass is 15.3. The molecule has 1 aliphatic heterocycles. The summed E-state index contributed by atoms with van der Waals surface area (Å²) in [6.07, 6.45) is 0. The average Bonchev–Trinajstić information content (AvgIpc) is 2.55. The summed E-state index contributed by atoms with van der Waals surface area (Å²) < 4.78 is 0. The standard InChI is InChI=1S/C16H21N5/c1-2-20-8-10-21(11-9-20)15-12-14(18-16(17)19-15)13-6-4-3-5-7-13/h3-7,12H,2,8-11H2,1H3,(H2,17,18,19). The van der Waals surface area contributed by atoms with Crippen LogP contribution in [0.3, 0.4) is 0 Å². The number of nitrogen functional groups attached to an aromatic ring is 1. The van der Waals surface area contributed by atoms with Gasteiger partial charge >= 0.3 is 0 Å². The van der Waals surface area contributed by atoms with E-state index in [9.17, 15) is 0 Å². The van der Waals surface area contributed by atoms with Gasteiger partial charge in [-0.05, 0) is 6.54 Å². The molecule has 2 heterocycles. The summed E-state index contributed by atoms with van der Waals surface area (Å²) in [5.74, 6) is 1.27. The second-order valence-electron chi connectivity index (χ2n) is 5.26. The van der Waals surface area contributed by atoms with Gasteiger partial charge < -0.3 is 15.5 Å². The zero-order valence-electron chi connectivity index (χ0n) is 12.4. The van der Waals surface area contributed by atoms with E-state index in [-0.39, 0.29) is 0 Å². The third kappa shape index (κ3) is 3.13. The highest BCUT2D eigenvalue weighted by Crippen LogP contribution is 2.23. The van der Waals surface area contributed by atoms with Crippen molar-refractivity contribution in [3.05, 3.63) is 36.4 Å². The van der Waals surface area contributed by atoms with Crippen LogP contribution in [0.5, 0.6) is 0 Å². The minimum Gasteiger partial charge on any atom is -0.368 e.